The van der Waals surface area contributed by atoms with Crippen LogP contribution in [0.1, 0.15) is 30.1 Å². The highest BCUT2D eigenvalue weighted by Gasteiger charge is 2.48. The molecule has 0 unspecified atom stereocenters. The maximum Gasteiger partial charge on any atom is 0.322 e. The van der Waals surface area contributed by atoms with E-state index < -0.39 is 21.6 Å². The molecule has 4 amide bonds. The molecule has 0 bridgehead atoms. The number of sulfonamides is 1. The molecule has 2 saturated heterocycles. The van der Waals surface area contributed by atoms with Crippen molar-refractivity contribution in [1.29, 1.82) is 0 Å². The van der Waals surface area contributed by atoms with Crippen LogP contribution in [-0.4, -0.2) is 56.4 Å². The van der Waals surface area contributed by atoms with E-state index in [1.54, 1.807) is 35.2 Å². The second kappa shape index (κ2) is 8.74. The van der Waals surface area contributed by atoms with Crippen molar-refractivity contribution in [2.75, 3.05) is 24.4 Å². The number of benzene rings is 2. The van der Waals surface area contributed by atoms with Crippen LogP contribution in [0.5, 0.6) is 5.75 Å². The molecule has 4 rings (SSSR count). The fourth-order valence-electron chi connectivity index (χ4n) is 3.97. The summed E-state index contributed by atoms with van der Waals surface area (Å²) in [6.45, 7) is 2.89. The van der Waals surface area contributed by atoms with Crippen molar-refractivity contribution in [3.63, 3.8) is 0 Å². The topological polar surface area (TPSA) is 134 Å². The number of ether oxygens (including phenoxy) is 1. The maximum absolute atomic E-state index is 13.0. The Balaban J connectivity index is 1.44. The summed E-state index contributed by atoms with van der Waals surface area (Å²) in [6, 6.07) is 11.8. The Morgan fingerprint density at radius 3 is 2.42 bits per heavy atom. The van der Waals surface area contributed by atoms with E-state index in [2.05, 4.69) is 15.4 Å². The molecular formula is C22H24N4O6S. The number of imide groups is 1. The number of carbonyl (C=O) groups is 3. The summed E-state index contributed by atoms with van der Waals surface area (Å²) in [5.41, 5.74) is -0.397. The van der Waals surface area contributed by atoms with Gasteiger partial charge < -0.3 is 15.0 Å². The van der Waals surface area contributed by atoms with Crippen molar-refractivity contribution < 1.29 is 27.5 Å². The monoisotopic (exact) mass is 472 g/mol. The number of rotatable bonds is 6. The summed E-state index contributed by atoms with van der Waals surface area (Å²) in [6.07, 6.45) is 0.612. The molecule has 0 aliphatic carbocycles. The minimum Gasteiger partial charge on any atom is -0.494 e. The van der Waals surface area contributed by atoms with Crippen molar-refractivity contribution in [3.05, 3.63) is 54.1 Å². The van der Waals surface area contributed by atoms with Gasteiger partial charge in [0.15, 0.2) is 0 Å². The number of hydrogen-bond donors (Lipinski definition) is 3. The fourth-order valence-corrected chi connectivity index (χ4v) is 5.02. The molecule has 2 fully saturated rings. The number of likely N-dealkylation sites (tertiary alicyclic amines) is 1. The SMILES string of the molecule is CCOc1ccc(S(=O)(=O)Nc2cccc(C(=O)N3CCC4(CC3)NC(=O)NC4=O)c2)cc1. The van der Waals surface area contributed by atoms with E-state index in [0.717, 1.165) is 0 Å². The van der Waals surface area contributed by atoms with Gasteiger partial charge in [-0.1, -0.05) is 6.07 Å². The lowest BCUT2D eigenvalue weighted by molar-refractivity contribution is -0.125. The Kier molecular flexibility index (Phi) is 5.98. The molecule has 2 heterocycles. The van der Waals surface area contributed by atoms with Crippen molar-refractivity contribution >= 4 is 33.6 Å². The van der Waals surface area contributed by atoms with Crippen LogP contribution in [0.2, 0.25) is 0 Å². The second-order valence-corrected chi connectivity index (χ2v) is 9.56. The van der Waals surface area contributed by atoms with Crippen LogP contribution in [0.25, 0.3) is 0 Å². The largest absolute Gasteiger partial charge is 0.494 e. The highest BCUT2D eigenvalue weighted by molar-refractivity contribution is 7.92. The summed E-state index contributed by atoms with van der Waals surface area (Å²) < 4.78 is 33.3. The Morgan fingerprint density at radius 2 is 1.82 bits per heavy atom. The Hall–Kier alpha value is -3.60. The number of hydrogen-bond acceptors (Lipinski definition) is 6. The number of urea groups is 1. The molecule has 10 nitrogen and oxygen atoms in total. The van der Waals surface area contributed by atoms with Crippen LogP contribution >= 0.6 is 0 Å². The average molecular weight is 473 g/mol. The van der Waals surface area contributed by atoms with Gasteiger partial charge >= 0.3 is 6.03 Å². The van der Waals surface area contributed by atoms with Gasteiger partial charge in [0, 0.05) is 24.3 Å². The summed E-state index contributed by atoms with van der Waals surface area (Å²) in [4.78, 5) is 38.2. The molecule has 1 spiro atoms. The van der Waals surface area contributed by atoms with Gasteiger partial charge in [0.05, 0.1) is 11.5 Å². The molecule has 0 aromatic heterocycles. The molecule has 3 N–H and O–H groups in total. The van der Waals surface area contributed by atoms with E-state index in [9.17, 15) is 22.8 Å². The van der Waals surface area contributed by atoms with Crippen LogP contribution in [-0.2, 0) is 14.8 Å². The Labute approximate surface area is 191 Å². The molecule has 2 aliphatic heterocycles. The van der Waals surface area contributed by atoms with Crippen LogP contribution < -0.4 is 20.1 Å². The molecule has 33 heavy (non-hydrogen) atoms. The summed E-state index contributed by atoms with van der Waals surface area (Å²) >= 11 is 0. The van der Waals surface area contributed by atoms with Crippen LogP contribution in [0.15, 0.2) is 53.4 Å². The van der Waals surface area contributed by atoms with Crippen molar-refractivity contribution in [3.8, 4) is 5.75 Å². The summed E-state index contributed by atoms with van der Waals surface area (Å²) in [5.74, 6) is -0.0796. The van der Waals surface area contributed by atoms with E-state index in [4.69, 9.17) is 4.74 Å². The van der Waals surface area contributed by atoms with Gasteiger partial charge in [0.1, 0.15) is 11.3 Å². The van der Waals surface area contributed by atoms with Crippen LogP contribution in [0.4, 0.5) is 10.5 Å². The second-order valence-electron chi connectivity index (χ2n) is 7.87. The number of carbonyl (C=O) groups excluding carboxylic acids is 3. The third kappa shape index (κ3) is 4.63. The fraction of sp³-hybridized carbons (Fsp3) is 0.318. The van der Waals surface area contributed by atoms with E-state index in [0.29, 0.717) is 30.8 Å². The molecular weight excluding hydrogens is 448 g/mol. The first-order valence-corrected chi connectivity index (χ1v) is 12.0. The zero-order chi connectivity index (χ0) is 23.6. The lowest BCUT2D eigenvalue weighted by Crippen LogP contribution is -2.55. The highest BCUT2D eigenvalue weighted by Crippen LogP contribution is 2.27. The third-order valence-corrected chi connectivity index (χ3v) is 7.12. The summed E-state index contributed by atoms with van der Waals surface area (Å²) in [7, 11) is -3.85. The van der Waals surface area contributed by atoms with E-state index in [1.807, 2.05) is 6.92 Å². The third-order valence-electron chi connectivity index (χ3n) is 5.73. The Bertz CT molecular complexity index is 1190. The predicted molar refractivity (Wildman–Crippen MR) is 119 cm³/mol. The first kappa shape index (κ1) is 22.6. The zero-order valence-electron chi connectivity index (χ0n) is 18.0. The predicted octanol–water partition coefficient (Wildman–Crippen LogP) is 1.70. The number of nitrogens with zero attached hydrogens (tertiary/aromatic N) is 1. The van der Waals surface area contributed by atoms with Crippen LogP contribution in [0.3, 0.4) is 0 Å². The summed E-state index contributed by atoms with van der Waals surface area (Å²) in [5, 5.41) is 4.90. The standard InChI is InChI=1S/C22H24N4O6S/c1-2-32-17-6-8-18(9-7-17)33(30,31)25-16-5-3-4-15(14-16)19(27)26-12-10-22(11-13-26)20(28)23-21(29)24-22/h3-9,14,25H,2,10-13H2,1H3,(H2,23,24,28,29). The van der Waals surface area contributed by atoms with Crippen molar-refractivity contribution in [2.45, 2.75) is 30.2 Å². The maximum atomic E-state index is 13.0. The molecule has 0 radical (unpaired) electrons. The normalized spacial score (nSPS) is 17.4. The molecule has 174 valence electrons. The molecule has 11 heteroatoms. The van der Waals surface area contributed by atoms with Crippen molar-refractivity contribution in [1.82, 2.24) is 15.5 Å². The highest BCUT2D eigenvalue weighted by atomic mass is 32.2. The zero-order valence-corrected chi connectivity index (χ0v) is 18.8. The van der Waals surface area contributed by atoms with Crippen molar-refractivity contribution in [2.24, 2.45) is 0 Å². The molecule has 2 aliphatic rings. The minimum absolute atomic E-state index is 0.0703. The average Bonchev–Trinajstić information content (AvgIpc) is 3.06. The van der Waals surface area contributed by atoms with Gasteiger partial charge in [-0.25, -0.2) is 13.2 Å². The quantitative estimate of drug-likeness (QED) is 0.548. The van der Waals surface area contributed by atoms with E-state index in [-0.39, 0.29) is 35.5 Å². The lowest BCUT2D eigenvalue weighted by atomic mass is 9.87. The van der Waals surface area contributed by atoms with Gasteiger partial charge in [-0.05, 0) is 62.2 Å². The Morgan fingerprint density at radius 1 is 1.12 bits per heavy atom. The number of piperidine rings is 1. The molecule has 0 atom stereocenters. The van der Waals surface area contributed by atoms with Gasteiger partial charge in [0.25, 0.3) is 21.8 Å². The first-order valence-electron chi connectivity index (χ1n) is 10.5. The molecule has 0 saturated carbocycles. The van der Waals surface area contributed by atoms with E-state index in [1.165, 1.54) is 18.2 Å². The smallest absolute Gasteiger partial charge is 0.322 e. The number of nitrogens with one attached hydrogen (secondary N) is 3. The van der Waals surface area contributed by atoms with Gasteiger partial charge in [0.2, 0.25) is 0 Å². The van der Waals surface area contributed by atoms with Gasteiger partial charge in [-0.2, -0.15) is 0 Å². The molecule has 2 aromatic rings. The van der Waals surface area contributed by atoms with Gasteiger partial charge in [-0.3, -0.25) is 19.6 Å². The van der Waals surface area contributed by atoms with E-state index >= 15 is 0 Å². The minimum atomic E-state index is -3.85. The number of amides is 4. The van der Waals surface area contributed by atoms with Gasteiger partial charge in [-0.15, -0.1) is 0 Å². The van der Waals surface area contributed by atoms with Crippen LogP contribution in [0, 0.1) is 0 Å². The first-order chi connectivity index (χ1) is 15.7. The molecule has 2 aromatic carbocycles. The lowest BCUT2D eigenvalue weighted by Gasteiger charge is -2.37. The number of anilines is 1.